The van der Waals surface area contributed by atoms with Gasteiger partial charge >= 0.3 is 0 Å². The molecule has 31 heavy (non-hydrogen) atoms. The number of aryl methyl sites for hydroxylation is 1. The van der Waals surface area contributed by atoms with E-state index in [1.54, 1.807) is 25.2 Å². The lowest BCUT2D eigenvalue weighted by Gasteiger charge is -2.31. The third kappa shape index (κ3) is 3.44. The minimum atomic E-state index is -0.268. The van der Waals surface area contributed by atoms with E-state index in [4.69, 9.17) is 9.47 Å². The van der Waals surface area contributed by atoms with E-state index in [9.17, 15) is 9.59 Å². The molecule has 0 spiro atoms. The molecule has 3 aromatic rings. The second-order valence-corrected chi connectivity index (χ2v) is 8.35. The van der Waals surface area contributed by atoms with Gasteiger partial charge in [0.05, 0.1) is 5.39 Å². The van der Waals surface area contributed by atoms with Crippen molar-refractivity contribution in [1.82, 2.24) is 15.1 Å². The van der Waals surface area contributed by atoms with Crippen LogP contribution in [0.4, 0.5) is 0 Å². The predicted octanol–water partition coefficient (Wildman–Crippen LogP) is 2.95. The summed E-state index contributed by atoms with van der Waals surface area (Å²) in [6.07, 6.45) is 4.22. The first-order valence-electron chi connectivity index (χ1n) is 10.7. The summed E-state index contributed by atoms with van der Waals surface area (Å²) in [5.74, 6) is 1.27. The summed E-state index contributed by atoms with van der Waals surface area (Å²) in [7, 11) is 1.57. The molecule has 7 heteroatoms. The predicted molar refractivity (Wildman–Crippen MR) is 117 cm³/mol. The van der Waals surface area contributed by atoms with Gasteiger partial charge in [0.1, 0.15) is 13.2 Å². The second-order valence-electron chi connectivity index (χ2n) is 8.35. The zero-order chi connectivity index (χ0) is 21.4. The van der Waals surface area contributed by atoms with E-state index in [1.165, 1.54) is 4.68 Å². The smallest absolute Gasteiger partial charge is 0.274 e. The Bertz CT molecular complexity index is 1210. The first-order valence-corrected chi connectivity index (χ1v) is 10.7. The average Bonchev–Trinajstić information content (AvgIpc) is 3.30. The summed E-state index contributed by atoms with van der Waals surface area (Å²) in [6.45, 7) is 1.62. The Balaban J connectivity index is 1.44. The fourth-order valence-corrected chi connectivity index (χ4v) is 4.79. The van der Waals surface area contributed by atoms with Crippen molar-refractivity contribution in [2.24, 2.45) is 7.05 Å². The zero-order valence-corrected chi connectivity index (χ0v) is 17.5. The summed E-state index contributed by atoms with van der Waals surface area (Å²) >= 11 is 0. The molecule has 0 unspecified atom stereocenters. The number of ether oxygens (including phenoxy) is 2. The molecule has 1 N–H and O–H groups in total. The first kappa shape index (κ1) is 19.6. The summed E-state index contributed by atoms with van der Waals surface area (Å²) in [4.78, 5) is 25.5. The van der Waals surface area contributed by atoms with Crippen molar-refractivity contribution < 1.29 is 14.3 Å². The molecule has 7 nitrogen and oxygen atoms in total. The van der Waals surface area contributed by atoms with E-state index >= 15 is 0 Å². The van der Waals surface area contributed by atoms with E-state index in [1.807, 2.05) is 12.1 Å². The molecule has 1 fully saturated rings. The molecule has 1 aliphatic carbocycles. The number of hydrogen-bond acceptors (Lipinski definition) is 5. The molecule has 1 aliphatic heterocycles. The number of carbonyl (C=O) groups is 1. The van der Waals surface area contributed by atoms with Gasteiger partial charge < -0.3 is 14.8 Å². The highest BCUT2D eigenvalue weighted by Crippen LogP contribution is 2.43. The van der Waals surface area contributed by atoms with E-state index in [0.717, 1.165) is 42.7 Å². The van der Waals surface area contributed by atoms with Gasteiger partial charge in [-0.3, -0.25) is 9.59 Å². The summed E-state index contributed by atoms with van der Waals surface area (Å²) in [6, 6.07) is 13.2. The molecule has 2 aliphatic rings. The van der Waals surface area contributed by atoms with Crippen LogP contribution < -0.4 is 20.3 Å². The van der Waals surface area contributed by atoms with Crippen LogP contribution in [0.25, 0.3) is 10.8 Å². The van der Waals surface area contributed by atoms with Crippen molar-refractivity contribution in [1.29, 1.82) is 0 Å². The van der Waals surface area contributed by atoms with Gasteiger partial charge in [0.15, 0.2) is 17.2 Å². The van der Waals surface area contributed by atoms with Crippen molar-refractivity contribution in [3.63, 3.8) is 0 Å². The fraction of sp³-hybridized carbons (Fsp3) is 0.375. The minimum Gasteiger partial charge on any atom is -0.486 e. The van der Waals surface area contributed by atoms with Crippen molar-refractivity contribution in [3.05, 3.63) is 64.1 Å². The van der Waals surface area contributed by atoms with Gasteiger partial charge in [-0.25, -0.2) is 4.68 Å². The number of hydrogen-bond donors (Lipinski definition) is 1. The third-order valence-electron chi connectivity index (χ3n) is 6.47. The Morgan fingerprint density at radius 1 is 1.06 bits per heavy atom. The number of aromatic nitrogens is 2. The molecule has 160 valence electrons. The normalized spacial score (nSPS) is 16.9. The second kappa shape index (κ2) is 7.72. The molecule has 1 saturated carbocycles. The summed E-state index contributed by atoms with van der Waals surface area (Å²) < 4.78 is 12.7. The van der Waals surface area contributed by atoms with E-state index < -0.39 is 0 Å². The monoisotopic (exact) mass is 419 g/mol. The number of nitrogens with one attached hydrogen (secondary N) is 1. The summed E-state index contributed by atoms with van der Waals surface area (Å²) in [5, 5.41) is 8.43. The molecular weight excluding hydrogens is 394 g/mol. The highest BCUT2D eigenvalue weighted by molar-refractivity contribution is 6.04. The number of nitrogens with zero attached hydrogens (tertiary/aromatic N) is 2. The van der Waals surface area contributed by atoms with Crippen LogP contribution in [0, 0.1) is 0 Å². The quantitative estimate of drug-likeness (QED) is 0.703. The Kier molecular flexibility index (Phi) is 4.88. The lowest BCUT2D eigenvalue weighted by molar-refractivity contribution is 0.0937. The SMILES string of the molecule is Cn1nc(C(=O)NCC2(c3ccc4c(c3)OCCO4)CCCC2)c2ccccc2c1=O. The average molecular weight is 419 g/mol. The van der Waals surface area contributed by atoms with Crippen LogP contribution in [0.3, 0.4) is 0 Å². The van der Waals surface area contributed by atoms with E-state index in [2.05, 4.69) is 22.5 Å². The highest BCUT2D eigenvalue weighted by atomic mass is 16.6. The molecule has 2 aromatic carbocycles. The van der Waals surface area contributed by atoms with E-state index in [-0.39, 0.29) is 22.6 Å². The number of rotatable bonds is 4. The van der Waals surface area contributed by atoms with Crippen molar-refractivity contribution in [2.75, 3.05) is 19.8 Å². The maximum atomic E-state index is 13.2. The molecule has 2 heterocycles. The van der Waals surface area contributed by atoms with Crippen LogP contribution in [0.2, 0.25) is 0 Å². The third-order valence-corrected chi connectivity index (χ3v) is 6.47. The van der Waals surface area contributed by atoms with Gasteiger partial charge in [0.2, 0.25) is 0 Å². The van der Waals surface area contributed by atoms with Crippen LogP contribution in [-0.4, -0.2) is 35.4 Å². The van der Waals surface area contributed by atoms with Gasteiger partial charge in [0.25, 0.3) is 11.5 Å². The topological polar surface area (TPSA) is 82.5 Å². The highest BCUT2D eigenvalue weighted by Gasteiger charge is 2.37. The Morgan fingerprint density at radius 3 is 2.55 bits per heavy atom. The largest absolute Gasteiger partial charge is 0.486 e. The van der Waals surface area contributed by atoms with Crippen LogP contribution in [0.1, 0.15) is 41.7 Å². The first-order chi connectivity index (χ1) is 15.1. The minimum absolute atomic E-state index is 0.151. The number of fused-ring (bicyclic) bond motifs is 2. The van der Waals surface area contributed by atoms with Crippen LogP contribution in [0.5, 0.6) is 11.5 Å². The van der Waals surface area contributed by atoms with Gasteiger partial charge in [-0.2, -0.15) is 5.10 Å². The van der Waals surface area contributed by atoms with Gasteiger partial charge in [0, 0.05) is 24.4 Å². The lowest BCUT2D eigenvalue weighted by Crippen LogP contribution is -2.40. The molecule has 1 amide bonds. The Morgan fingerprint density at radius 2 is 1.77 bits per heavy atom. The van der Waals surface area contributed by atoms with Crippen LogP contribution in [0.15, 0.2) is 47.3 Å². The van der Waals surface area contributed by atoms with Crippen LogP contribution in [-0.2, 0) is 12.5 Å². The Hall–Kier alpha value is -3.35. The van der Waals surface area contributed by atoms with Crippen molar-refractivity contribution in [2.45, 2.75) is 31.1 Å². The molecule has 0 atom stereocenters. The van der Waals surface area contributed by atoms with Gasteiger partial charge in [-0.1, -0.05) is 37.1 Å². The summed E-state index contributed by atoms with van der Waals surface area (Å²) in [5.41, 5.74) is 1.07. The maximum Gasteiger partial charge on any atom is 0.274 e. The van der Waals surface area contributed by atoms with Crippen molar-refractivity contribution >= 4 is 16.7 Å². The molecular formula is C24H25N3O4. The lowest BCUT2D eigenvalue weighted by atomic mass is 9.78. The van der Waals surface area contributed by atoms with Gasteiger partial charge in [-0.05, 0) is 36.6 Å². The Labute approximate surface area is 180 Å². The van der Waals surface area contributed by atoms with Gasteiger partial charge in [-0.15, -0.1) is 0 Å². The van der Waals surface area contributed by atoms with E-state index in [0.29, 0.717) is 30.5 Å². The fourth-order valence-electron chi connectivity index (χ4n) is 4.79. The molecule has 0 radical (unpaired) electrons. The molecule has 0 saturated heterocycles. The number of benzene rings is 2. The molecule has 5 rings (SSSR count). The number of amides is 1. The molecule has 1 aromatic heterocycles. The maximum absolute atomic E-state index is 13.2. The van der Waals surface area contributed by atoms with Crippen LogP contribution >= 0.6 is 0 Å². The number of carbonyl (C=O) groups excluding carboxylic acids is 1. The zero-order valence-electron chi connectivity index (χ0n) is 17.5. The molecule has 0 bridgehead atoms. The van der Waals surface area contributed by atoms with Crippen molar-refractivity contribution in [3.8, 4) is 11.5 Å². The standard InChI is InChI=1S/C24H25N3O4/c1-27-23(29)18-7-3-2-6-17(18)21(26-27)22(28)25-15-24(10-4-5-11-24)16-8-9-19-20(14-16)31-13-12-30-19/h2-3,6-9,14H,4-5,10-13,15H2,1H3,(H,25,28).